The van der Waals surface area contributed by atoms with Gasteiger partial charge in [-0.15, -0.1) is 11.3 Å². The van der Waals surface area contributed by atoms with Crippen molar-refractivity contribution in [2.75, 3.05) is 7.11 Å². The van der Waals surface area contributed by atoms with E-state index in [9.17, 15) is 22.7 Å². The quantitative estimate of drug-likeness (QED) is 0.679. The summed E-state index contributed by atoms with van der Waals surface area (Å²) in [4.78, 5) is 4.94. The number of hydrogen-bond donors (Lipinski definition) is 1. The molecule has 3 nitrogen and oxygen atoms in total. The number of aryl methyl sites for hydroxylation is 2. The highest BCUT2D eigenvalue weighted by Crippen LogP contribution is 2.45. The Hall–Kier alpha value is -1.67. The number of thiazole rings is 1. The second-order valence-electron chi connectivity index (χ2n) is 7.36. The Morgan fingerprint density at radius 3 is 2.30 bits per heavy atom. The average molecular weight is 405 g/mol. The van der Waals surface area contributed by atoms with Crippen molar-refractivity contribution in [1.82, 2.24) is 4.98 Å². The number of rotatable bonds is 6. The molecule has 1 aromatic carbocycles. The first-order valence-electron chi connectivity index (χ1n) is 8.35. The Morgan fingerprint density at radius 1 is 1.19 bits per heavy atom. The molecule has 0 aliphatic rings. The maximum absolute atomic E-state index is 13.8. The highest BCUT2D eigenvalue weighted by molar-refractivity contribution is 7.11. The zero-order valence-electron chi connectivity index (χ0n) is 15.9. The largest absolute Gasteiger partial charge is 0.496 e. The van der Waals surface area contributed by atoms with Crippen molar-refractivity contribution in [3.63, 3.8) is 0 Å². The molecule has 2 aromatic rings. The lowest BCUT2D eigenvalue weighted by molar-refractivity contribution is -0.266. The molecule has 1 heterocycles. The van der Waals surface area contributed by atoms with Crippen LogP contribution in [0.3, 0.4) is 0 Å². The Bertz CT molecular complexity index is 797. The zero-order chi connectivity index (χ0) is 20.6. The van der Waals surface area contributed by atoms with Gasteiger partial charge in [0.25, 0.3) is 0 Å². The molecule has 1 atom stereocenters. The highest BCUT2D eigenvalue weighted by Gasteiger charge is 2.56. The zero-order valence-corrected chi connectivity index (χ0v) is 16.7. The standard InChI is InChI=1S/C19H23F4NO2S/c1-11-12(2)27-16(24-11)9-18(25,19(21,22)23)10-17(3,4)14-8-13(20)6-7-15(14)26-5/h6-8,25H,9-10H2,1-5H3. The van der Waals surface area contributed by atoms with Crippen LogP contribution in [0.15, 0.2) is 18.2 Å². The minimum absolute atomic E-state index is 0.215. The van der Waals surface area contributed by atoms with Crippen molar-refractivity contribution in [2.45, 2.75) is 57.7 Å². The Balaban J connectivity index is 2.44. The van der Waals surface area contributed by atoms with E-state index in [2.05, 4.69) is 4.98 Å². The van der Waals surface area contributed by atoms with Gasteiger partial charge in [0.15, 0.2) is 5.60 Å². The van der Waals surface area contributed by atoms with Gasteiger partial charge in [-0.1, -0.05) is 13.8 Å². The number of hydrogen-bond acceptors (Lipinski definition) is 4. The molecule has 1 aromatic heterocycles. The minimum atomic E-state index is -4.88. The molecule has 27 heavy (non-hydrogen) atoms. The van der Waals surface area contributed by atoms with E-state index in [1.165, 1.54) is 33.1 Å². The number of aliphatic hydroxyl groups is 1. The van der Waals surface area contributed by atoms with Crippen LogP contribution in [0.25, 0.3) is 0 Å². The summed E-state index contributed by atoms with van der Waals surface area (Å²) in [6.07, 6.45) is -6.20. The monoisotopic (exact) mass is 405 g/mol. The Morgan fingerprint density at radius 2 is 1.81 bits per heavy atom. The number of methoxy groups -OCH3 is 1. The number of nitrogens with zero attached hydrogens (tertiary/aromatic N) is 1. The molecule has 0 bridgehead atoms. The molecule has 2 rings (SSSR count). The van der Waals surface area contributed by atoms with Gasteiger partial charge in [-0.25, -0.2) is 9.37 Å². The lowest BCUT2D eigenvalue weighted by atomic mass is 9.73. The molecular weight excluding hydrogens is 382 g/mol. The van der Waals surface area contributed by atoms with E-state index in [-0.39, 0.29) is 16.3 Å². The van der Waals surface area contributed by atoms with Gasteiger partial charge < -0.3 is 9.84 Å². The van der Waals surface area contributed by atoms with E-state index in [4.69, 9.17) is 4.74 Å². The van der Waals surface area contributed by atoms with Crippen LogP contribution in [0.4, 0.5) is 17.6 Å². The molecule has 0 aliphatic carbocycles. The summed E-state index contributed by atoms with van der Waals surface area (Å²) in [7, 11) is 1.36. The summed E-state index contributed by atoms with van der Waals surface area (Å²) >= 11 is 1.13. The van der Waals surface area contributed by atoms with Gasteiger partial charge in [0, 0.05) is 16.9 Å². The van der Waals surface area contributed by atoms with E-state index >= 15 is 0 Å². The maximum Gasteiger partial charge on any atom is 0.417 e. The molecule has 0 radical (unpaired) electrons. The van der Waals surface area contributed by atoms with Gasteiger partial charge in [0.05, 0.1) is 17.8 Å². The van der Waals surface area contributed by atoms with Crippen molar-refractivity contribution in [2.24, 2.45) is 0 Å². The smallest absolute Gasteiger partial charge is 0.417 e. The molecule has 0 spiro atoms. The van der Waals surface area contributed by atoms with Gasteiger partial charge in [-0.05, 0) is 43.9 Å². The third kappa shape index (κ3) is 4.60. The van der Waals surface area contributed by atoms with Crippen molar-refractivity contribution < 1.29 is 27.4 Å². The molecule has 0 saturated heterocycles. The molecular formula is C19H23F4NO2S. The first-order chi connectivity index (χ1) is 12.3. The predicted molar refractivity (Wildman–Crippen MR) is 96.9 cm³/mol. The van der Waals surface area contributed by atoms with Gasteiger partial charge >= 0.3 is 6.18 Å². The van der Waals surface area contributed by atoms with Crippen molar-refractivity contribution in [1.29, 1.82) is 0 Å². The van der Waals surface area contributed by atoms with E-state index < -0.39 is 35.9 Å². The molecule has 0 fully saturated rings. The van der Waals surface area contributed by atoms with E-state index in [0.29, 0.717) is 5.69 Å². The average Bonchev–Trinajstić information content (AvgIpc) is 2.83. The lowest BCUT2D eigenvalue weighted by Gasteiger charge is -2.38. The number of ether oxygens (including phenoxy) is 1. The molecule has 0 saturated carbocycles. The third-order valence-corrected chi connectivity index (χ3v) is 5.74. The summed E-state index contributed by atoms with van der Waals surface area (Å²) in [5.41, 5.74) is -3.31. The first-order valence-corrected chi connectivity index (χ1v) is 9.17. The van der Waals surface area contributed by atoms with Crippen LogP contribution < -0.4 is 4.74 Å². The minimum Gasteiger partial charge on any atom is -0.496 e. The van der Waals surface area contributed by atoms with E-state index in [1.807, 2.05) is 0 Å². The van der Waals surface area contributed by atoms with Crippen LogP contribution in [-0.2, 0) is 11.8 Å². The van der Waals surface area contributed by atoms with Crippen molar-refractivity contribution in [3.05, 3.63) is 45.2 Å². The molecule has 8 heteroatoms. The normalized spacial score (nSPS) is 14.9. The molecule has 1 unspecified atom stereocenters. The van der Waals surface area contributed by atoms with Crippen LogP contribution in [0, 0.1) is 19.7 Å². The van der Waals surface area contributed by atoms with Gasteiger partial charge in [-0.3, -0.25) is 0 Å². The van der Waals surface area contributed by atoms with Crippen molar-refractivity contribution in [3.8, 4) is 5.75 Å². The van der Waals surface area contributed by atoms with Crippen molar-refractivity contribution >= 4 is 11.3 Å². The number of benzene rings is 1. The molecule has 150 valence electrons. The molecule has 0 aliphatic heterocycles. The fourth-order valence-electron chi connectivity index (χ4n) is 3.16. The second-order valence-corrected chi connectivity index (χ2v) is 8.65. The van der Waals surface area contributed by atoms with Crippen LogP contribution in [0.5, 0.6) is 5.75 Å². The Kier molecular flexibility index (Phi) is 5.92. The second kappa shape index (κ2) is 7.39. The van der Waals surface area contributed by atoms with E-state index in [0.717, 1.165) is 22.3 Å². The summed E-state index contributed by atoms with van der Waals surface area (Å²) < 4.78 is 60.4. The van der Waals surface area contributed by atoms with E-state index in [1.54, 1.807) is 13.8 Å². The summed E-state index contributed by atoms with van der Waals surface area (Å²) in [6, 6.07) is 3.69. The third-order valence-electron chi connectivity index (χ3n) is 4.67. The van der Waals surface area contributed by atoms with Crippen LogP contribution >= 0.6 is 11.3 Å². The summed E-state index contributed by atoms with van der Waals surface area (Å²) in [6.45, 7) is 6.53. The van der Waals surface area contributed by atoms with Gasteiger partial charge in [0.1, 0.15) is 11.6 Å². The van der Waals surface area contributed by atoms with Crippen LogP contribution in [0.2, 0.25) is 0 Å². The Labute approximate surface area is 160 Å². The van der Waals surface area contributed by atoms with Crippen LogP contribution in [0.1, 0.15) is 41.4 Å². The summed E-state index contributed by atoms with van der Waals surface area (Å²) in [5.74, 6) is -0.313. The van der Waals surface area contributed by atoms with Gasteiger partial charge in [0.2, 0.25) is 0 Å². The number of aromatic nitrogens is 1. The fraction of sp³-hybridized carbons (Fsp3) is 0.526. The highest BCUT2D eigenvalue weighted by atomic mass is 32.1. The van der Waals surface area contributed by atoms with Gasteiger partial charge in [-0.2, -0.15) is 13.2 Å². The topological polar surface area (TPSA) is 42.4 Å². The summed E-state index contributed by atoms with van der Waals surface area (Å²) in [5, 5.41) is 10.9. The first kappa shape index (κ1) is 21.6. The number of alkyl halides is 3. The fourth-order valence-corrected chi connectivity index (χ4v) is 4.20. The van der Waals surface area contributed by atoms with Crippen LogP contribution in [-0.4, -0.2) is 29.0 Å². The number of halogens is 4. The molecule has 0 amide bonds. The lowest BCUT2D eigenvalue weighted by Crippen LogP contribution is -2.50. The molecule has 1 N–H and O–H groups in total. The SMILES string of the molecule is COc1ccc(F)cc1C(C)(C)CC(O)(Cc1nc(C)c(C)s1)C(F)(F)F. The predicted octanol–water partition coefficient (Wildman–Crippen LogP) is 5.11. The maximum atomic E-state index is 13.8.